The minimum Gasteiger partial charge on any atom is -0.484 e. The molecule has 2 aromatic rings. The third kappa shape index (κ3) is 4.14. The van der Waals surface area contributed by atoms with Gasteiger partial charge in [-0.1, -0.05) is 24.3 Å². The summed E-state index contributed by atoms with van der Waals surface area (Å²) in [6.45, 7) is 3.37. The molecule has 0 aromatic heterocycles. The number of nitrogens with one attached hydrogen (secondary N) is 1. The molecule has 2 unspecified atom stereocenters. The number of nitrogens with two attached hydrogens (primary N) is 1. The highest BCUT2D eigenvalue weighted by molar-refractivity contribution is 6.01. The van der Waals surface area contributed by atoms with Crippen molar-refractivity contribution in [3.63, 3.8) is 0 Å². The Hall–Kier alpha value is -3.35. The number of hydrogen-bond donors (Lipinski definition) is 2. The normalized spacial score (nSPS) is 16.2. The summed E-state index contributed by atoms with van der Waals surface area (Å²) >= 11 is 0. The smallest absolute Gasteiger partial charge is 0.258 e. The first-order valence-corrected chi connectivity index (χ1v) is 9.10. The highest BCUT2D eigenvalue weighted by Crippen LogP contribution is 2.32. The fourth-order valence-corrected chi connectivity index (χ4v) is 3.34. The van der Waals surface area contributed by atoms with Crippen molar-refractivity contribution >= 4 is 23.4 Å². The van der Waals surface area contributed by atoms with E-state index in [1.807, 2.05) is 31.2 Å². The second kappa shape index (κ2) is 8.12. The maximum absolute atomic E-state index is 12.9. The Balaban J connectivity index is 1.58. The summed E-state index contributed by atoms with van der Waals surface area (Å²) in [7, 11) is 0. The molecule has 2 aromatic carbocycles. The molecule has 0 radical (unpaired) electrons. The summed E-state index contributed by atoms with van der Waals surface area (Å²) in [5.74, 6) is -0.811. The van der Waals surface area contributed by atoms with Gasteiger partial charge in [0, 0.05) is 17.3 Å². The lowest BCUT2D eigenvalue weighted by atomic mass is 10.1. The van der Waals surface area contributed by atoms with Crippen molar-refractivity contribution in [2.24, 2.45) is 5.73 Å². The van der Waals surface area contributed by atoms with Gasteiger partial charge in [0.2, 0.25) is 11.8 Å². The lowest BCUT2D eigenvalue weighted by Gasteiger charge is -2.26. The second-order valence-electron chi connectivity index (χ2n) is 6.86. The van der Waals surface area contributed by atoms with Crippen LogP contribution in [-0.2, 0) is 16.0 Å². The van der Waals surface area contributed by atoms with E-state index in [1.165, 1.54) is 6.07 Å². The second-order valence-corrected chi connectivity index (χ2v) is 6.86. The lowest BCUT2D eigenvalue weighted by molar-refractivity contribution is -0.128. The van der Waals surface area contributed by atoms with Gasteiger partial charge in [-0.05, 0) is 50.1 Å². The third-order valence-electron chi connectivity index (χ3n) is 4.68. The van der Waals surface area contributed by atoms with Crippen molar-refractivity contribution in [1.29, 1.82) is 0 Å². The Morgan fingerprint density at radius 1 is 1.21 bits per heavy atom. The maximum atomic E-state index is 12.9. The number of primary amides is 1. The largest absolute Gasteiger partial charge is 0.484 e. The topological polar surface area (TPSA) is 102 Å². The number of nitrogens with zero attached hydrogens (tertiary/aromatic N) is 1. The van der Waals surface area contributed by atoms with Gasteiger partial charge in [-0.2, -0.15) is 0 Å². The Morgan fingerprint density at radius 3 is 2.71 bits per heavy atom. The predicted octanol–water partition coefficient (Wildman–Crippen LogP) is 1.65. The van der Waals surface area contributed by atoms with E-state index >= 15 is 0 Å². The van der Waals surface area contributed by atoms with Crippen LogP contribution in [0.4, 0.5) is 5.69 Å². The van der Waals surface area contributed by atoms with Crippen molar-refractivity contribution in [1.82, 2.24) is 5.32 Å². The number of para-hydroxylation sites is 1. The van der Waals surface area contributed by atoms with Crippen LogP contribution in [0.3, 0.4) is 0 Å². The van der Waals surface area contributed by atoms with E-state index in [1.54, 1.807) is 30.0 Å². The average Bonchev–Trinajstić information content (AvgIpc) is 3.01. The Kier molecular flexibility index (Phi) is 5.63. The summed E-state index contributed by atoms with van der Waals surface area (Å²) in [6, 6.07) is 13.4. The quantitative estimate of drug-likeness (QED) is 0.794. The Morgan fingerprint density at radius 2 is 1.96 bits per heavy atom. The number of carbonyl (C=O) groups excluding carboxylic acids is 3. The van der Waals surface area contributed by atoms with Gasteiger partial charge in [0.1, 0.15) is 11.8 Å². The molecular formula is C21H23N3O4. The number of hydrogen-bond acceptors (Lipinski definition) is 4. The SMILES string of the molecule is CC(NC(=O)COc1cccc(C(N)=O)c1)C(=O)N1c2ccccc2CC1C. The number of benzene rings is 2. The van der Waals surface area contributed by atoms with E-state index in [9.17, 15) is 14.4 Å². The van der Waals surface area contributed by atoms with E-state index in [4.69, 9.17) is 10.5 Å². The molecule has 146 valence electrons. The molecule has 0 bridgehead atoms. The van der Waals surface area contributed by atoms with Crippen LogP contribution in [0.25, 0.3) is 0 Å². The summed E-state index contributed by atoms with van der Waals surface area (Å²) in [5, 5.41) is 2.67. The van der Waals surface area contributed by atoms with Gasteiger partial charge >= 0.3 is 0 Å². The maximum Gasteiger partial charge on any atom is 0.258 e. The van der Waals surface area contributed by atoms with Crippen LogP contribution in [0.1, 0.15) is 29.8 Å². The number of fused-ring (bicyclic) bond motifs is 1. The zero-order valence-corrected chi connectivity index (χ0v) is 15.8. The first-order valence-electron chi connectivity index (χ1n) is 9.10. The van der Waals surface area contributed by atoms with E-state index < -0.39 is 17.9 Å². The molecule has 1 aliphatic heterocycles. The number of anilines is 1. The Bertz CT molecular complexity index is 912. The molecule has 28 heavy (non-hydrogen) atoms. The Labute approximate surface area is 163 Å². The molecule has 7 heteroatoms. The average molecular weight is 381 g/mol. The zero-order chi connectivity index (χ0) is 20.3. The molecule has 3 N–H and O–H groups in total. The number of carbonyl (C=O) groups is 3. The highest BCUT2D eigenvalue weighted by atomic mass is 16.5. The summed E-state index contributed by atoms with van der Waals surface area (Å²) < 4.78 is 5.40. The first kappa shape index (κ1) is 19.4. The monoisotopic (exact) mass is 381 g/mol. The van der Waals surface area contributed by atoms with Gasteiger partial charge in [0.15, 0.2) is 6.61 Å². The van der Waals surface area contributed by atoms with Gasteiger partial charge in [0.05, 0.1) is 0 Å². The van der Waals surface area contributed by atoms with Gasteiger partial charge in [-0.15, -0.1) is 0 Å². The van der Waals surface area contributed by atoms with Crippen molar-refractivity contribution in [3.05, 3.63) is 59.7 Å². The molecule has 0 saturated carbocycles. The van der Waals surface area contributed by atoms with Gasteiger partial charge in [0.25, 0.3) is 5.91 Å². The molecule has 3 rings (SSSR count). The number of ether oxygens (including phenoxy) is 1. The van der Waals surface area contributed by atoms with Crippen molar-refractivity contribution in [3.8, 4) is 5.75 Å². The summed E-state index contributed by atoms with van der Waals surface area (Å²) in [4.78, 5) is 38.0. The fourth-order valence-electron chi connectivity index (χ4n) is 3.34. The molecule has 0 fully saturated rings. The van der Waals surface area contributed by atoms with Crippen LogP contribution in [0, 0.1) is 0 Å². The minimum absolute atomic E-state index is 0.0389. The highest BCUT2D eigenvalue weighted by Gasteiger charge is 2.33. The van der Waals surface area contributed by atoms with Crippen LogP contribution < -0.4 is 20.7 Å². The van der Waals surface area contributed by atoms with Gasteiger partial charge < -0.3 is 20.7 Å². The van der Waals surface area contributed by atoms with E-state index in [2.05, 4.69) is 5.32 Å². The standard InChI is InChI=1S/C21H23N3O4/c1-13-10-15-6-3-4-9-18(15)24(13)21(27)14(2)23-19(25)12-28-17-8-5-7-16(11-17)20(22)26/h3-9,11,13-14H,10,12H2,1-2H3,(H2,22,26)(H,23,25). The van der Waals surface area contributed by atoms with Crippen molar-refractivity contribution in [2.45, 2.75) is 32.4 Å². The molecular weight excluding hydrogens is 358 g/mol. The predicted molar refractivity (Wildman–Crippen MR) is 105 cm³/mol. The lowest BCUT2D eigenvalue weighted by Crippen LogP contribution is -2.49. The molecule has 7 nitrogen and oxygen atoms in total. The van der Waals surface area contributed by atoms with Crippen LogP contribution in [0.5, 0.6) is 5.75 Å². The number of rotatable bonds is 6. The molecule has 2 atom stereocenters. The minimum atomic E-state index is -0.693. The van der Waals surface area contributed by atoms with Gasteiger partial charge in [-0.3, -0.25) is 14.4 Å². The molecule has 1 aliphatic rings. The summed E-state index contributed by atoms with van der Waals surface area (Å²) in [6.07, 6.45) is 0.794. The third-order valence-corrected chi connectivity index (χ3v) is 4.68. The van der Waals surface area contributed by atoms with Crippen LogP contribution in [0.15, 0.2) is 48.5 Å². The molecule has 0 aliphatic carbocycles. The molecule has 3 amide bonds. The van der Waals surface area contributed by atoms with Crippen LogP contribution in [-0.4, -0.2) is 36.4 Å². The molecule has 0 saturated heterocycles. The first-order chi connectivity index (χ1) is 13.4. The van der Waals surface area contributed by atoms with E-state index in [-0.39, 0.29) is 18.6 Å². The van der Waals surface area contributed by atoms with Crippen LogP contribution in [0.2, 0.25) is 0 Å². The van der Waals surface area contributed by atoms with Crippen LogP contribution >= 0.6 is 0 Å². The molecule has 0 spiro atoms. The summed E-state index contributed by atoms with van der Waals surface area (Å²) in [5.41, 5.74) is 7.54. The molecule has 1 heterocycles. The zero-order valence-electron chi connectivity index (χ0n) is 15.8. The van der Waals surface area contributed by atoms with Gasteiger partial charge in [-0.25, -0.2) is 0 Å². The number of amides is 3. The van der Waals surface area contributed by atoms with Crippen molar-refractivity contribution < 1.29 is 19.1 Å². The van der Waals surface area contributed by atoms with E-state index in [0.717, 1.165) is 17.7 Å². The van der Waals surface area contributed by atoms with Crippen molar-refractivity contribution in [2.75, 3.05) is 11.5 Å². The fraction of sp³-hybridized carbons (Fsp3) is 0.286. The van der Waals surface area contributed by atoms with E-state index in [0.29, 0.717) is 11.3 Å².